The zero-order valence-corrected chi connectivity index (χ0v) is 41.5. The van der Waals surface area contributed by atoms with E-state index in [2.05, 4.69) is 56.5 Å². The van der Waals surface area contributed by atoms with Crippen molar-refractivity contribution in [1.82, 2.24) is 44.9 Å². The molecule has 0 radical (unpaired) electrons. The molecule has 6 fully saturated rings. The second-order valence-electron chi connectivity index (χ2n) is 15.1. The summed E-state index contributed by atoms with van der Waals surface area (Å²) in [5.74, 6) is 0.786. The van der Waals surface area contributed by atoms with Crippen LogP contribution in [0.4, 0.5) is 0 Å². The van der Waals surface area contributed by atoms with Crippen LogP contribution in [0, 0.1) is 5.92 Å². The van der Waals surface area contributed by atoms with E-state index in [4.69, 9.17) is 14.2 Å². The molecule has 0 bridgehead atoms. The highest BCUT2D eigenvalue weighted by atomic mass is 16.5. The van der Waals surface area contributed by atoms with E-state index in [1.807, 2.05) is 135 Å². The summed E-state index contributed by atoms with van der Waals surface area (Å²) in [5.41, 5.74) is 0.566. The van der Waals surface area contributed by atoms with E-state index >= 15 is 0 Å². The lowest BCUT2D eigenvalue weighted by Crippen LogP contribution is -2.42. The van der Waals surface area contributed by atoms with Crippen LogP contribution < -0.4 is 5.32 Å². The van der Waals surface area contributed by atoms with E-state index in [9.17, 15) is 0 Å². The molecule has 3 aromatic heterocycles. The van der Waals surface area contributed by atoms with E-state index in [0.29, 0.717) is 12.1 Å². The summed E-state index contributed by atoms with van der Waals surface area (Å²) in [6.45, 7) is 35.9. The van der Waals surface area contributed by atoms with Crippen molar-refractivity contribution in [3.8, 4) is 0 Å². The monoisotopic (exact) mass is 846 g/mol. The molecule has 9 heterocycles. The molecule has 12 heteroatoms. The van der Waals surface area contributed by atoms with Gasteiger partial charge in [-0.2, -0.15) is 15.3 Å². The van der Waals surface area contributed by atoms with Crippen LogP contribution in [0.1, 0.15) is 160 Å². The van der Waals surface area contributed by atoms with Crippen LogP contribution in [-0.2, 0) is 14.2 Å². The molecule has 0 amide bonds. The van der Waals surface area contributed by atoms with Gasteiger partial charge in [0, 0.05) is 82.8 Å². The average Bonchev–Trinajstić information content (AvgIpc) is 4.19. The molecule has 0 aromatic carbocycles. The normalized spacial score (nSPS) is 23.9. The number of likely N-dealkylation sites (tertiary alicyclic amines) is 2. The van der Waals surface area contributed by atoms with Crippen LogP contribution in [0.15, 0.2) is 55.4 Å². The van der Waals surface area contributed by atoms with Crippen LogP contribution in [0.2, 0.25) is 0 Å². The van der Waals surface area contributed by atoms with Gasteiger partial charge in [-0.15, -0.1) is 0 Å². The first-order valence-electron chi connectivity index (χ1n) is 24.3. The number of nitrogens with one attached hydrogen (secondary N) is 2. The number of ether oxygens (including phenoxy) is 3. The summed E-state index contributed by atoms with van der Waals surface area (Å²) in [6.07, 6.45) is 21.9. The topological polar surface area (TPSA) is 111 Å². The Morgan fingerprint density at radius 3 is 1.23 bits per heavy atom. The van der Waals surface area contributed by atoms with Gasteiger partial charge in [-0.25, -0.2) is 0 Å². The highest BCUT2D eigenvalue weighted by Gasteiger charge is 2.44. The van der Waals surface area contributed by atoms with Gasteiger partial charge < -0.3 is 29.3 Å². The molecule has 3 aromatic rings. The van der Waals surface area contributed by atoms with Crippen molar-refractivity contribution < 1.29 is 14.2 Å². The van der Waals surface area contributed by atoms with Gasteiger partial charge in [0.05, 0.1) is 42.1 Å². The number of hydrogen-bond donors (Lipinski definition) is 2. The molecule has 3 spiro atoms. The molecule has 6 aliphatic heterocycles. The molecule has 0 saturated carbocycles. The molecular weight excluding hydrogens is 751 g/mol. The average molecular weight is 846 g/mol. The standard InChI is InChI=1S/C12H19N3O.C11H17N3O.C10H19NO.C3H4N2.6C2H6/c1-14-7-3-12(4-8-14)9-11(10-16-12)15-6-2-5-13-15;1-4-13-14(7-1)10-8-11(15-9-10)2-5-12-6-3-11;1-9-7-10(12-8-9)3-5-11(2)6-4-10;1-2-4-5-3-1;6*1-2/h2,5-6,11H,3-4,7-10H2,1H3;1,4,7,10,12H,2-3,5-6,8-9H2;9H,3-8H2,1-2H3;1-3H,(H,4,5);6*1-2H3. The summed E-state index contributed by atoms with van der Waals surface area (Å²) >= 11 is 0. The Labute approximate surface area is 369 Å². The molecule has 6 aliphatic rings. The lowest BCUT2D eigenvalue weighted by atomic mass is 9.86. The van der Waals surface area contributed by atoms with E-state index in [1.54, 1.807) is 12.4 Å². The summed E-state index contributed by atoms with van der Waals surface area (Å²) in [5, 5.41) is 18.2. The minimum Gasteiger partial charge on any atom is -0.375 e. The summed E-state index contributed by atoms with van der Waals surface area (Å²) in [6, 6.07) is 6.68. The van der Waals surface area contributed by atoms with Gasteiger partial charge in [0.25, 0.3) is 0 Å². The van der Waals surface area contributed by atoms with Crippen LogP contribution >= 0.6 is 0 Å². The first-order chi connectivity index (χ1) is 29.4. The predicted octanol–water partition coefficient (Wildman–Crippen LogP) is 10.3. The Bertz CT molecular complexity index is 1270. The van der Waals surface area contributed by atoms with Gasteiger partial charge in [0.1, 0.15) is 0 Å². The quantitative estimate of drug-likeness (QED) is 0.260. The van der Waals surface area contributed by atoms with Crippen molar-refractivity contribution in [1.29, 1.82) is 0 Å². The Morgan fingerprint density at radius 1 is 0.517 bits per heavy atom. The number of H-pyrrole nitrogens is 1. The van der Waals surface area contributed by atoms with Crippen molar-refractivity contribution in [3.63, 3.8) is 0 Å². The summed E-state index contributed by atoms with van der Waals surface area (Å²) < 4.78 is 22.1. The van der Waals surface area contributed by atoms with Gasteiger partial charge in [-0.3, -0.25) is 14.5 Å². The fraction of sp³-hybridized carbons (Fsp3) is 0.812. The fourth-order valence-corrected chi connectivity index (χ4v) is 8.24. The Morgan fingerprint density at radius 2 is 0.917 bits per heavy atom. The van der Waals surface area contributed by atoms with E-state index in [-0.39, 0.29) is 16.8 Å². The molecule has 3 unspecified atom stereocenters. The first kappa shape index (κ1) is 57.4. The lowest BCUT2D eigenvalue weighted by Gasteiger charge is -2.37. The SMILES string of the molecule is CC.CC.CC.CC.CC.CC.CC1COC2(CCN(C)CC2)C1.CN1CCC2(CC1)CC(n1cccn1)CO2.c1cn[nH]c1.c1cnn(C2COC3(CCNCC3)C2)c1. The maximum atomic E-state index is 6.08. The number of nitrogens with zero attached hydrogens (tertiary/aromatic N) is 7. The maximum absolute atomic E-state index is 6.08. The largest absolute Gasteiger partial charge is 0.375 e. The van der Waals surface area contributed by atoms with Crippen molar-refractivity contribution in [2.75, 3.05) is 73.2 Å². The van der Waals surface area contributed by atoms with Gasteiger partial charge >= 0.3 is 0 Å². The highest BCUT2D eigenvalue weighted by Crippen LogP contribution is 2.41. The molecule has 3 atom stereocenters. The van der Waals surface area contributed by atoms with Crippen LogP contribution in [-0.4, -0.2) is 130 Å². The lowest BCUT2D eigenvalue weighted by molar-refractivity contribution is -0.0396. The number of aromatic nitrogens is 6. The third-order valence-electron chi connectivity index (χ3n) is 11.3. The fourth-order valence-electron chi connectivity index (χ4n) is 8.24. The zero-order chi connectivity index (χ0) is 45.3. The van der Waals surface area contributed by atoms with Crippen molar-refractivity contribution in [2.24, 2.45) is 5.92 Å². The summed E-state index contributed by atoms with van der Waals surface area (Å²) in [7, 11) is 4.39. The van der Waals surface area contributed by atoms with Gasteiger partial charge in [0.2, 0.25) is 0 Å². The van der Waals surface area contributed by atoms with Crippen LogP contribution in [0.25, 0.3) is 0 Å². The second kappa shape index (κ2) is 33.9. The van der Waals surface area contributed by atoms with E-state index in [1.165, 1.54) is 45.2 Å². The smallest absolute Gasteiger partial charge is 0.0780 e. The Kier molecular flexibility index (Phi) is 32.5. The molecule has 350 valence electrons. The Balaban J connectivity index is 0.000000739. The number of hydrogen-bond acceptors (Lipinski definition) is 9. The minimum absolute atomic E-state index is 0.141. The molecular formula is C48H95N9O3. The van der Waals surface area contributed by atoms with Crippen molar-refractivity contribution in [2.45, 2.75) is 177 Å². The number of rotatable bonds is 2. The molecule has 2 N–H and O–H groups in total. The third-order valence-corrected chi connectivity index (χ3v) is 11.3. The molecule has 6 saturated heterocycles. The molecule has 12 nitrogen and oxygen atoms in total. The van der Waals surface area contributed by atoms with Gasteiger partial charge in [0.15, 0.2) is 0 Å². The number of aromatic amines is 1. The van der Waals surface area contributed by atoms with E-state index < -0.39 is 0 Å². The molecule has 60 heavy (non-hydrogen) atoms. The number of piperidine rings is 3. The highest BCUT2D eigenvalue weighted by molar-refractivity contribution is 4.97. The van der Waals surface area contributed by atoms with Crippen molar-refractivity contribution >= 4 is 0 Å². The second-order valence-corrected chi connectivity index (χ2v) is 15.1. The van der Waals surface area contributed by atoms with Crippen LogP contribution in [0.3, 0.4) is 0 Å². The van der Waals surface area contributed by atoms with E-state index in [0.717, 1.165) is 77.6 Å². The minimum atomic E-state index is 0.141. The predicted molar refractivity (Wildman–Crippen MR) is 254 cm³/mol. The Hall–Kier alpha value is -2.61. The van der Waals surface area contributed by atoms with Gasteiger partial charge in [-0.05, 0) is 96.2 Å². The van der Waals surface area contributed by atoms with Crippen LogP contribution in [0.5, 0.6) is 0 Å². The van der Waals surface area contributed by atoms with Crippen molar-refractivity contribution in [3.05, 3.63) is 55.4 Å². The third kappa shape index (κ3) is 19.6. The first-order valence-corrected chi connectivity index (χ1v) is 24.3. The molecule has 9 rings (SSSR count). The molecule has 0 aliphatic carbocycles. The van der Waals surface area contributed by atoms with Gasteiger partial charge in [-0.1, -0.05) is 90.0 Å². The summed E-state index contributed by atoms with van der Waals surface area (Å²) in [4.78, 5) is 4.79. The maximum Gasteiger partial charge on any atom is 0.0780 e. The zero-order valence-electron chi connectivity index (χ0n) is 41.5.